The Kier molecular flexibility index (Phi) is 14.4. The number of ether oxygens (including phenoxy) is 1. The summed E-state index contributed by atoms with van der Waals surface area (Å²) in [6.07, 6.45) is 3.83. The van der Waals surface area contributed by atoms with Crippen molar-refractivity contribution in [2.24, 2.45) is 0 Å². The molecule has 2 radical (unpaired) electrons. The molecular formula is C8H16O2Sr. The first-order valence-electron chi connectivity index (χ1n) is 3.96. The Morgan fingerprint density at radius 3 is 2.36 bits per heavy atom. The van der Waals surface area contributed by atoms with Gasteiger partial charge in [-0.05, 0) is 13.3 Å². The van der Waals surface area contributed by atoms with Crippen LogP contribution in [0.1, 0.15) is 39.5 Å². The van der Waals surface area contributed by atoms with E-state index in [4.69, 9.17) is 4.74 Å². The van der Waals surface area contributed by atoms with E-state index in [9.17, 15) is 4.79 Å². The van der Waals surface area contributed by atoms with Crippen molar-refractivity contribution in [2.75, 3.05) is 6.61 Å². The van der Waals surface area contributed by atoms with Gasteiger partial charge in [0.25, 0.3) is 0 Å². The number of hydrogen-bond donors (Lipinski definition) is 0. The van der Waals surface area contributed by atoms with Crippen molar-refractivity contribution in [3.63, 3.8) is 0 Å². The molecule has 2 nitrogen and oxygen atoms in total. The van der Waals surface area contributed by atoms with Crippen LogP contribution < -0.4 is 0 Å². The Hall–Kier alpha value is 0.951. The predicted molar refractivity (Wildman–Crippen MR) is 46.5 cm³/mol. The zero-order valence-corrected chi connectivity index (χ0v) is 11.0. The Morgan fingerprint density at radius 2 is 1.91 bits per heavy atom. The third kappa shape index (κ3) is 11.0. The average Bonchev–Trinajstić information content (AvgIpc) is 1.89. The number of carbonyl (C=O) groups excluding carboxylic acids is 1. The zero-order chi connectivity index (χ0) is 7.82. The van der Waals surface area contributed by atoms with Crippen molar-refractivity contribution in [2.45, 2.75) is 39.5 Å². The van der Waals surface area contributed by atoms with Crippen LogP contribution in [0.5, 0.6) is 0 Å². The molecule has 0 atom stereocenters. The molecule has 0 spiro atoms. The Balaban J connectivity index is 0. The molecular weight excluding hydrogens is 216 g/mol. The number of esters is 1. The maximum absolute atomic E-state index is 10.7. The summed E-state index contributed by atoms with van der Waals surface area (Å²) in [7, 11) is 0. The van der Waals surface area contributed by atoms with Gasteiger partial charge in [-0.25, -0.2) is 0 Å². The van der Waals surface area contributed by atoms with Crippen molar-refractivity contribution in [3.8, 4) is 0 Å². The van der Waals surface area contributed by atoms with Crippen molar-refractivity contribution >= 4 is 51.5 Å². The third-order valence-electron chi connectivity index (χ3n) is 1.29. The maximum atomic E-state index is 10.7. The molecule has 0 aliphatic heterocycles. The Bertz CT molecular complexity index is 94.1. The molecule has 0 aliphatic carbocycles. The summed E-state index contributed by atoms with van der Waals surface area (Å²) in [6.45, 7) is 4.45. The number of carbonyl (C=O) groups is 1. The molecule has 0 saturated heterocycles. The van der Waals surface area contributed by atoms with Gasteiger partial charge in [-0.2, -0.15) is 0 Å². The average molecular weight is 232 g/mol. The maximum Gasteiger partial charge on any atom is 0.305 e. The molecule has 11 heavy (non-hydrogen) atoms. The molecule has 0 aliphatic rings. The van der Waals surface area contributed by atoms with Crippen LogP contribution >= 0.6 is 0 Å². The van der Waals surface area contributed by atoms with E-state index in [1.165, 1.54) is 0 Å². The van der Waals surface area contributed by atoms with Gasteiger partial charge < -0.3 is 4.74 Å². The van der Waals surface area contributed by atoms with E-state index in [0.717, 1.165) is 19.3 Å². The SMILES string of the molecule is CCCCCC(=O)OCC.[Sr]. The van der Waals surface area contributed by atoms with Crippen LogP contribution in [0.25, 0.3) is 0 Å². The van der Waals surface area contributed by atoms with E-state index in [0.29, 0.717) is 13.0 Å². The van der Waals surface area contributed by atoms with Gasteiger partial charge in [-0.1, -0.05) is 19.8 Å². The molecule has 0 saturated carbocycles. The first-order valence-corrected chi connectivity index (χ1v) is 3.96. The number of hydrogen-bond acceptors (Lipinski definition) is 2. The van der Waals surface area contributed by atoms with Crippen molar-refractivity contribution < 1.29 is 9.53 Å². The van der Waals surface area contributed by atoms with Crippen LogP contribution in [-0.4, -0.2) is 58.1 Å². The second-order valence-corrected chi connectivity index (χ2v) is 2.26. The molecule has 0 aromatic heterocycles. The summed E-state index contributed by atoms with van der Waals surface area (Å²) in [5, 5.41) is 0. The number of unbranched alkanes of at least 4 members (excludes halogenated alkanes) is 2. The monoisotopic (exact) mass is 232 g/mol. The predicted octanol–water partition coefficient (Wildman–Crippen LogP) is 1.75. The summed E-state index contributed by atoms with van der Waals surface area (Å²) in [5.74, 6) is -0.0593. The minimum Gasteiger partial charge on any atom is -0.466 e. The van der Waals surface area contributed by atoms with Gasteiger partial charge in [0.05, 0.1) is 6.61 Å². The van der Waals surface area contributed by atoms with Gasteiger partial charge in [0.2, 0.25) is 0 Å². The summed E-state index contributed by atoms with van der Waals surface area (Å²) < 4.78 is 4.75. The Morgan fingerprint density at radius 1 is 1.27 bits per heavy atom. The van der Waals surface area contributed by atoms with Crippen LogP contribution in [0.3, 0.4) is 0 Å². The van der Waals surface area contributed by atoms with Crippen LogP contribution in [0.4, 0.5) is 0 Å². The van der Waals surface area contributed by atoms with Crippen LogP contribution in [0, 0.1) is 0 Å². The first kappa shape index (κ1) is 14.5. The topological polar surface area (TPSA) is 26.3 Å². The van der Waals surface area contributed by atoms with E-state index in [1.807, 2.05) is 6.92 Å². The second-order valence-electron chi connectivity index (χ2n) is 2.26. The largest absolute Gasteiger partial charge is 0.466 e. The molecule has 3 heteroatoms. The normalized spacial score (nSPS) is 8.55. The van der Waals surface area contributed by atoms with Gasteiger partial charge in [0.15, 0.2) is 0 Å². The van der Waals surface area contributed by atoms with E-state index in [2.05, 4.69) is 6.92 Å². The molecule has 0 unspecified atom stereocenters. The molecule has 0 amide bonds. The van der Waals surface area contributed by atoms with Crippen LogP contribution in [0.2, 0.25) is 0 Å². The second kappa shape index (κ2) is 11.0. The van der Waals surface area contributed by atoms with Crippen molar-refractivity contribution in [1.29, 1.82) is 0 Å². The molecule has 0 heterocycles. The minimum atomic E-state index is -0.0593. The van der Waals surface area contributed by atoms with Crippen LogP contribution in [-0.2, 0) is 9.53 Å². The summed E-state index contributed by atoms with van der Waals surface area (Å²) in [4.78, 5) is 10.7. The van der Waals surface area contributed by atoms with Crippen molar-refractivity contribution in [1.82, 2.24) is 0 Å². The smallest absolute Gasteiger partial charge is 0.305 e. The van der Waals surface area contributed by atoms with Gasteiger partial charge in [-0.3, -0.25) is 4.79 Å². The van der Waals surface area contributed by atoms with Gasteiger partial charge in [0.1, 0.15) is 0 Å². The van der Waals surface area contributed by atoms with Gasteiger partial charge in [0, 0.05) is 51.9 Å². The third-order valence-corrected chi connectivity index (χ3v) is 1.29. The summed E-state index contributed by atoms with van der Waals surface area (Å²) in [6, 6.07) is 0. The fourth-order valence-corrected chi connectivity index (χ4v) is 0.752. The van der Waals surface area contributed by atoms with E-state index < -0.39 is 0 Å². The molecule has 62 valence electrons. The molecule has 0 bridgehead atoms. The summed E-state index contributed by atoms with van der Waals surface area (Å²) in [5.41, 5.74) is 0. The minimum absolute atomic E-state index is 0. The molecule has 0 aromatic rings. The van der Waals surface area contributed by atoms with E-state index >= 15 is 0 Å². The van der Waals surface area contributed by atoms with Gasteiger partial charge >= 0.3 is 5.97 Å². The fraction of sp³-hybridized carbons (Fsp3) is 0.875. The molecule has 0 rings (SSSR count). The summed E-state index contributed by atoms with van der Waals surface area (Å²) >= 11 is 0. The quantitative estimate of drug-likeness (QED) is 0.410. The van der Waals surface area contributed by atoms with Gasteiger partial charge in [-0.15, -0.1) is 0 Å². The molecule has 0 fully saturated rings. The molecule has 0 N–H and O–H groups in total. The number of rotatable bonds is 5. The standard InChI is InChI=1S/C8H16O2.Sr/c1-3-5-6-7-8(9)10-4-2;/h3-7H2,1-2H3;. The van der Waals surface area contributed by atoms with E-state index in [-0.39, 0.29) is 51.5 Å². The fourth-order valence-electron chi connectivity index (χ4n) is 0.752. The molecule has 0 aromatic carbocycles. The zero-order valence-electron chi connectivity index (χ0n) is 7.56. The van der Waals surface area contributed by atoms with Crippen LogP contribution in [0.15, 0.2) is 0 Å². The Labute approximate surface area is 106 Å². The first-order chi connectivity index (χ1) is 4.81. The van der Waals surface area contributed by atoms with Crippen molar-refractivity contribution in [3.05, 3.63) is 0 Å². The van der Waals surface area contributed by atoms with E-state index in [1.54, 1.807) is 0 Å².